The second-order valence-corrected chi connectivity index (χ2v) is 10.4. The van der Waals surface area contributed by atoms with Crippen molar-refractivity contribution in [1.29, 1.82) is 0 Å². The van der Waals surface area contributed by atoms with Gasteiger partial charge in [0.2, 0.25) is 5.91 Å². The Morgan fingerprint density at radius 1 is 1.18 bits per heavy atom. The van der Waals surface area contributed by atoms with Gasteiger partial charge in [-0.15, -0.1) is 11.3 Å². The number of carbonyl (C=O) groups excluding carboxylic acids is 4. The van der Waals surface area contributed by atoms with Crippen LogP contribution >= 0.6 is 11.3 Å². The lowest BCUT2D eigenvalue weighted by molar-refractivity contribution is -0.124. The summed E-state index contributed by atoms with van der Waals surface area (Å²) in [5.74, 6) is -0.660. The second-order valence-electron chi connectivity index (χ2n) is 9.26. The fraction of sp³-hybridized carbons (Fsp3) is 0.417. The monoisotopic (exact) mass is 466 g/mol. The number of nitrogens with zero attached hydrogens (tertiary/aromatic N) is 2. The first kappa shape index (κ1) is 21.6. The van der Waals surface area contributed by atoms with Crippen molar-refractivity contribution in [3.8, 4) is 0 Å². The van der Waals surface area contributed by atoms with Crippen molar-refractivity contribution < 1.29 is 19.2 Å². The Morgan fingerprint density at radius 2 is 1.97 bits per heavy atom. The summed E-state index contributed by atoms with van der Waals surface area (Å²) in [5.41, 5.74) is 6.18. The molecule has 2 aromatic rings. The Morgan fingerprint density at radius 3 is 2.79 bits per heavy atom. The lowest BCUT2D eigenvalue weighted by Gasteiger charge is -2.48. The van der Waals surface area contributed by atoms with Crippen molar-refractivity contribution in [1.82, 2.24) is 15.8 Å². The van der Waals surface area contributed by atoms with Gasteiger partial charge in [-0.25, -0.2) is 0 Å². The Hall–Kier alpha value is -3.20. The molecule has 2 unspecified atom stereocenters. The van der Waals surface area contributed by atoms with E-state index in [4.69, 9.17) is 0 Å². The zero-order chi connectivity index (χ0) is 23.3. The largest absolute Gasteiger partial charge is 0.306 e. The number of fused-ring (bicyclic) bond motifs is 4. The average molecular weight is 467 g/mol. The highest BCUT2D eigenvalue weighted by Gasteiger charge is 2.53. The lowest BCUT2D eigenvalue weighted by atomic mass is 9.90. The molecule has 4 amide bonds. The van der Waals surface area contributed by atoms with Crippen LogP contribution in [-0.4, -0.2) is 40.7 Å². The van der Waals surface area contributed by atoms with Gasteiger partial charge in [0.05, 0.1) is 16.1 Å². The van der Waals surface area contributed by atoms with Gasteiger partial charge in [-0.05, 0) is 62.3 Å². The number of nitrogens with one attached hydrogen (secondary N) is 2. The summed E-state index contributed by atoms with van der Waals surface area (Å²) in [4.78, 5) is 56.0. The first-order chi connectivity index (χ1) is 15.8. The molecule has 1 fully saturated rings. The molecule has 5 rings (SSSR count). The highest BCUT2D eigenvalue weighted by molar-refractivity contribution is 7.14. The minimum absolute atomic E-state index is 0.0767. The molecule has 0 radical (unpaired) electrons. The number of carbonyl (C=O) groups is 4. The molecule has 172 valence electrons. The number of hydrogen-bond acceptors (Lipinski definition) is 5. The molecule has 0 bridgehead atoms. The number of amides is 4. The highest BCUT2D eigenvalue weighted by atomic mass is 32.1. The van der Waals surface area contributed by atoms with Gasteiger partial charge in [0.25, 0.3) is 17.7 Å². The number of para-hydroxylation sites is 1. The molecule has 0 spiro atoms. The van der Waals surface area contributed by atoms with E-state index >= 15 is 0 Å². The number of rotatable bonds is 3. The number of thiophene rings is 1. The van der Waals surface area contributed by atoms with Gasteiger partial charge in [-0.3, -0.25) is 34.9 Å². The maximum Gasteiger partial charge on any atom is 0.279 e. The molecule has 3 aliphatic rings. The van der Waals surface area contributed by atoms with Crippen LogP contribution in [0.15, 0.2) is 30.3 Å². The topological polar surface area (TPSA) is 98.8 Å². The van der Waals surface area contributed by atoms with Crippen LogP contribution in [0.4, 0.5) is 5.69 Å². The van der Waals surface area contributed by atoms with E-state index in [1.165, 1.54) is 26.7 Å². The van der Waals surface area contributed by atoms with Gasteiger partial charge in [-0.2, -0.15) is 0 Å². The molecule has 2 aliphatic heterocycles. The molecule has 2 atom stereocenters. The number of anilines is 1. The molecular weight excluding hydrogens is 440 g/mol. The third-order valence-electron chi connectivity index (χ3n) is 6.92. The summed E-state index contributed by atoms with van der Waals surface area (Å²) in [6, 6.07) is 8.85. The van der Waals surface area contributed by atoms with Crippen LogP contribution in [0.25, 0.3) is 0 Å². The quantitative estimate of drug-likeness (QED) is 0.680. The lowest BCUT2D eigenvalue weighted by Crippen LogP contribution is -2.64. The SMILES string of the molecule is CC1CCc2sc(C(=O)NNC(=O)CN3C(=O)c4ccccc4N4C(=O)CCC34C)cc2C1. The summed E-state index contributed by atoms with van der Waals surface area (Å²) in [7, 11) is 0. The van der Waals surface area contributed by atoms with Crippen molar-refractivity contribution in [2.75, 3.05) is 11.4 Å². The zero-order valence-electron chi connectivity index (χ0n) is 18.6. The van der Waals surface area contributed by atoms with Gasteiger partial charge in [0.15, 0.2) is 0 Å². The van der Waals surface area contributed by atoms with Crippen molar-refractivity contribution in [3.05, 3.63) is 51.2 Å². The van der Waals surface area contributed by atoms with Crippen molar-refractivity contribution in [2.45, 2.75) is 51.6 Å². The fourth-order valence-corrected chi connectivity index (χ4v) is 6.23. The zero-order valence-corrected chi connectivity index (χ0v) is 19.5. The van der Waals surface area contributed by atoms with E-state index < -0.39 is 11.6 Å². The summed E-state index contributed by atoms with van der Waals surface area (Å²) in [6.45, 7) is 3.74. The van der Waals surface area contributed by atoms with E-state index in [-0.39, 0.29) is 24.3 Å². The third-order valence-corrected chi connectivity index (χ3v) is 8.15. The average Bonchev–Trinajstić information content (AvgIpc) is 3.35. The van der Waals surface area contributed by atoms with Gasteiger partial charge in [-0.1, -0.05) is 19.1 Å². The number of benzene rings is 1. The molecule has 1 saturated heterocycles. The molecule has 9 heteroatoms. The minimum Gasteiger partial charge on any atom is -0.306 e. The van der Waals surface area contributed by atoms with E-state index in [2.05, 4.69) is 17.8 Å². The highest BCUT2D eigenvalue weighted by Crippen LogP contribution is 2.43. The standard InChI is InChI=1S/C24H26N4O4S/c1-14-7-8-18-15(11-14)12-19(33-18)22(31)26-25-20(29)13-27-23(32)16-5-3-4-6-17(16)28-21(30)9-10-24(27,28)2/h3-6,12,14H,7-11,13H2,1-2H3,(H,25,29)(H,26,31). The smallest absolute Gasteiger partial charge is 0.279 e. The van der Waals surface area contributed by atoms with Gasteiger partial charge in [0, 0.05) is 11.3 Å². The Balaban J connectivity index is 1.28. The van der Waals surface area contributed by atoms with Crippen LogP contribution in [0.3, 0.4) is 0 Å². The molecule has 1 aromatic heterocycles. The normalized spacial score (nSPS) is 23.6. The maximum absolute atomic E-state index is 13.2. The van der Waals surface area contributed by atoms with Gasteiger partial charge in [0.1, 0.15) is 12.2 Å². The maximum atomic E-state index is 13.2. The van der Waals surface area contributed by atoms with E-state index in [9.17, 15) is 19.2 Å². The fourth-order valence-electron chi connectivity index (χ4n) is 5.13. The van der Waals surface area contributed by atoms with Crippen molar-refractivity contribution >= 4 is 40.7 Å². The summed E-state index contributed by atoms with van der Waals surface area (Å²) in [6.07, 6.45) is 3.81. The van der Waals surface area contributed by atoms with Crippen molar-refractivity contribution in [3.63, 3.8) is 0 Å². The molecule has 8 nitrogen and oxygen atoms in total. The first-order valence-electron chi connectivity index (χ1n) is 11.2. The number of hydrogen-bond donors (Lipinski definition) is 2. The number of aryl methyl sites for hydroxylation is 1. The van der Waals surface area contributed by atoms with Gasteiger partial charge < -0.3 is 4.90 Å². The Labute approximate surface area is 195 Å². The Bertz CT molecular complexity index is 1170. The Kier molecular flexibility index (Phi) is 5.23. The van der Waals surface area contributed by atoms with Crippen LogP contribution in [0.5, 0.6) is 0 Å². The predicted octanol–water partition coefficient (Wildman–Crippen LogP) is 2.63. The van der Waals surface area contributed by atoms with Crippen LogP contribution in [0, 0.1) is 5.92 Å². The van der Waals surface area contributed by atoms with E-state index in [0.29, 0.717) is 34.9 Å². The second kappa shape index (κ2) is 7.98. The van der Waals surface area contributed by atoms with E-state index in [1.807, 2.05) is 6.07 Å². The molecule has 3 heterocycles. The van der Waals surface area contributed by atoms with Crippen LogP contribution < -0.4 is 15.8 Å². The first-order valence-corrected chi connectivity index (χ1v) is 12.0. The molecule has 1 aromatic carbocycles. The summed E-state index contributed by atoms with van der Waals surface area (Å²) >= 11 is 1.47. The molecule has 2 N–H and O–H groups in total. The van der Waals surface area contributed by atoms with Crippen molar-refractivity contribution in [2.24, 2.45) is 5.92 Å². The summed E-state index contributed by atoms with van der Waals surface area (Å²) < 4.78 is 0. The van der Waals surface area contributed by atoms with Gasteiger partial charge >= 0.3 is 0 Å². The third kappa shape index (κ3) is 3.60. The van der Waals surface area contributed by atoms with Crippen LogP contribution in [0.2, 0.25) is 0 Å². The van der Waals surface area contributed by atoms with E-state index in [0.717, 1.165) is 19.3 Å². The summed E-state index contributed by atoms with van der Waals surface area (Å²) in [5, 5.41) is 0. The van der Waals surface area contributed by atoms with Crippen LogP contribution in [0.1, 0.15) is 63.6 Å². The molecule has 33 heavy (non-hydrogen) atoms. The minimum atomic E-state index is -0.923. The number of hydrazine groups is 1. The predicted molar refractivity (Wildman–Crippen MR) is 124 cm³/mol. The van der Waals surface area contributed by atoms with Crippen LogP contribution in [-0.2, 0) is 22.4 Å². The molecular formula is C24H26N4O4S. The van der Waals surface area contributed by atoms with E-state index in [1.54, 1.807) is 36.1 Å². The molecule has 0 saturated carbocycles. The molecule has 1 aliphatic carbocycles.